The number of carbonyl (C=O) groups is 2. The number of aryl methyl sites for hydroxylation is 1. The molecule has 0 fully saturated rings. The summed E-state index contributed by atoms with van der Waals surface area (Å²) in [6.07, 6.45) is -0.517. The lowest BCUT2D eigenvalue weighted by molar-refractivity contribution is 0.0960. The Balaban J connectivity index is 1.57. The molecule has 36 heavy (non-hydrogen) atoms. The summed E-state index contributed by atoms with van der Waals surface area (Å²) in [5, 5.41) is 25.2. The zero-order chi connectivity index (χ0) is 25.6. The number of hydrogen-bond donors (Lipinski definition) is 3. The number of aliphatic hydroxyl groups is 1. The summed E-state index contributed by atoms with van der Waals surface area (Å²) in [6.45, 7) is -0.0860. The number of carbonyl (C=O) groups excluding carboxylic acids is 2. The minimum Gasteiger partial charge on any atom is -0.386 e. The first kappa shape index (κ1) is 23.7. The van der Waals surface area contributed by atoms with E-state index in [0.717, 1.165) is 0 Å². The fourth-order valence-corrected chi connectivity index (χ4v) is 4.92. The van der Waals surface area contributed by atoms with E-state index in [1.807, 2.05) is 0 Å². The van der Waals surface area contributed by atoms with Gasteiger partial charge in [-0.3, -0.25) is 9.69 Å². The van der Waals surface area contributed by atoms with Crippen LogP contribution in [0.2, 0.25) is 5.02 Å². The monoisotopic (exact) mass is 508 g/mol. The van der Waals surface area contributed by atoms with Gasteiger partial charge in [-0.1, -0.05) is 11.6 Å². The van der Waals surface area contributed by atoms with Gasteiger partial charge in [0.05, 0.1) is 30.4 Å². The number of halogens is 3. The lowest BCUT2D eigenvalue weighted by Gasteiger charge is -2.22. The molecule has 0 unspecified atom stereocenters. The number of nitriles is 1. The van der Waals surface area contributed by atoms with Gasteiger partial charge in [-0.15, -0.1) is 0 Å². The van der Waals surface area contributed by atoms with Crippen LogP contribution in [0.3, 0.4) is 0 Å². The van der Waals surface area contributed by atoms with Crippen molar-refractivity contribution in [3.05, 3.63) is 93.0 Å². The zero-order valence-corrected chi connectivity index (χ0v) is 19.4. The van der Waals surface area contributed by atoms with Crippen LogP contribution in [0.5, 0.6) is 0 Å². The van der Waals surface area contributed by atoms with E-state index in [0.29, 0.717) is 34.4 Å². The lowest BCUT2D eigenvalue weighted by atomic mass is 9.93. The van der Waals surface area contributed by atoms with Crippen molar-refractivity contribution in [2.45, 2.75) is 25.0 Å². The predicted molar refractivity (Wildman–Crippen MR) is 129 cm³/mol. The molecule has 3 N–H and O–H groups in total. The molecule has 0 aromatic heterocycles. The molecule has 2 aliphatic rings. The van der Waals surface area contributed by atoms with E-state index in [2.05, 4.69) is 16.7 Å². The first-order chi connectivity index (χ1) is 17.3. The molecule has 2 heterocycles. The molecule has 2 atom stereocenters. The van der Waals surface area contributed by atoms with Crippen molar-refractivity contribution >= 4 is 34.9 Å². The fraction of sp³-hybridized carbons (Fsp3) is 0.192. The zero-order valence-electron chi connectivity index (χ0n) is 18.7. The summed E-state index contributed by atoms with van der Waals surface area (Å²) in [6, 6.07) is 11.5. The highest BCUT2D eigenvalue weighted by molar-refractivity contribution is 6.31. The highest BCUT2D eigenvalue weighted by Crippen LogP contribution is 2.41. The normalized spacial score (nSPS) is 17.9. The van der Waals surface area contributed by atoms with Crippen molar-refractivity contribution in [2.75, 3.05) is 16.8 Å². The van der Waals surface area contributed by atoms with Crippen LogP contribution in [0.4, 0.5) is 25.0 Å². The van der Waals surface area contributed by atoms with E-state index in [4.69, 9.17) is 16.9 Å². The average Bonchev–Trinajstić information content (AvgIpc) is 3.36. The molecule has 3 aromatic rings. The molecule has 2 aliphatic heterocycles. The SMILES string of the molecule is N#CCCc1cc(NC(=O)N2C[C@H](O)c3cc(F)ccc32)c2c(c1)C(=O)N[C@@H]2c1cc(F)ccc1Cl. The Morgan fingerprint density at radius 3 is 2.64 bits per heavy atom. The lowest BCUT2D eigenvalue weighted by Crippen LogP contribution is -2.34. The van der Waals surface area contributed by atoms with Crippen molar-refractivity contribution in [1.29, 1.82) is 5.26 Å². The van der Waals surface area contributed by atoms with E-state index in [1.54, 1.807) is 12.1 Å². The minimum atomic E-state index is -1.06. The van der Waals surface area contributed by atoms with Crippen molar-refractivity contribution < 1.29 is 23.5 Å². The second-order valence-electron chi connectivity index (χ2n) is 8.59. The molecular formula is C26H19ClF2N4O3. The van der Waals surface area contributed by atoms with Crippen LogP contribution in [0.1, 0.15) is 51.2 Å². The molecule has 0 bridgehead atoms. The van der Waals surface area contributed by atoms with Crippen molar-refractivity contribution in [2.24, 2.45) is 0 Å². The van der Waals surface area contributed by atoms with Crippen molar-refractivity contribution in [1.82, 2.24) is 5.32 Å². The maximum absolute atomic E-state index is 14.1. The van der Waals surface area contributed by atoms with E-state index in [1.165, 1.54) is 41.3 Å². The van der Waals surface area contributed by atoms with Crippen molar-refractivity contribution in [3.8, 4) is 6.07 Å². The Labute approximate surface area is 209 Å². The van der Waals surface area contributed by atoms with Gasteiger partial charge >= 0.3 is 6.03 Å². The van der Waals surface area contributed by atoms with Crippen LogP contribution in [-0.2, 0) is 6.42 Å². The van der Waals surface area contributed by atoms with Gasteiger partial charge in [0, 0.05) is 39.4 Å². The van der Waals surface area contributed by atoms with Crippen LogP contribution >= 0.6 is 11.6 Å². The van der Waals surface area contributed by atoms with Gasteiger partial charge in [-0.25, -0.2) is 13.6 Å². The van der Waals surface area contributed by atoms with Crippen LogP contribution in [-0.4, -0.2) is 23.6 Å². The maximum Gasteiger partial charge on any atom is 0.326 e. The largest absolute Gasteiger partial charge is 0.386 e. The molecular weight excluding hydrogens is 490 g/mol. The number of aliphatic hydroxyl groups excluding tert-OH is 1. The number of urea groups is 1. The second kappa shape index (κ2) is 9.22. The molecule has 0 saturated heterocycles. The minimum absolute atomic E-state index is 0.0860. The quantitative estimate of drug-likeness (QED) is 0.461. The summed E-state index contributed by atoms with van der Waals surface area (Å²) >= 11 is 6.33. The average molecular weight is 509 g/mol. The number of nitrogens with zero attached hydrogens (tertiary/aromatic N) is 2. The van der Waals surface area contributed by atoms with E-state index in [-0.39, 0.29) is 29.2 Å². The van der Waals surface area contributed by atoms with Crippen LogP contribution in [0.15, 0.2) is 48.5 Å². The molecule has 0 spiro atoms. The second-order valence-corrected chi connectivity index (χ2v) is 9.00. The first-order valence-corrected chi connectivity index (χ1v) is 11.5. The third-order valence-electron chi connectivity index (χ3n) is 6.32. The topological polar surface area (TPSA) is 105 Å². The number of fused-ring (bicyclic) bond motifs is 2. The van der Waals surface area contributed by atoms with Gasteiger partial charge in [0.1, 0.15) is 11.6 Å². The smallest absolute Gasteiger partial charge is 0.326 e. The van der Waals surface area contributed by atoms with Gasteiger partial charge in [0.25, 0.3) is 5.91 Å². The van der Waals surface area contributed by atoms with Gasteiger partial charge in [0.15, 0.2) is 0 Å². The number of benzene rings is 3. The van der Waals surface area contributed by atoms with Crippen LogP contribution in [0, 0.1) is 23.0 Å². The summed E-state index contributed by atoms with van der Waals surface area (Å²) in [7, 11) is 0. The Bertz CT molecular complexity index is 1460. The van der Waals surface area contributed by atoms with Gasteiger partial charge < -0.3 is 15.7 Å². The van der Waals surface area contributed by atoms with E-state index < -0.39 is 35.7 Å². The molecule has 182 valence electrons. The van der Waals surface area contributed by atoms with Gasteiger partial charge in [0.2, 0.25) is 0 Å². The maximum atomic E-state index is 14.1. The Morgan fingerprint density at radius 2 is 1.89 bits per heavy atom. The Hall–Kier alpha value is -4.00. The highest BCUT2D eigenvalue weighted by atomic mass is 35.5. The molecule has 5 rings (SSSR count). The van der Waals surface area contributed by atoms with E-state index in [9.17, 15) is 23.5 Å². The molecule has 0 radical (unpaired) electrons. The molecule has 0 saturated carbocycles. The summed E-state index contributed by atoms with van der Waals surface area (Å²) in [5.74, 6) is -1.50. The molecule has 3 amide bonds. The molecule has 7 nitrogen and oxygen atoms in total. The standard InChI is InChI=1S/C26H19ClF2N4O3/c27-19-5-3-14(28)10-16(19)24-23-18(25(35)32-24)8-13(2-1-7-30)9-20(23)31-26(36)33-12-22(34)17-11-15(29)4-6-21(17)33/h3-6,8-11,22,24,34H,1-2,12H2,(H,31,36)(H,32,35)/t22-,24+/m0/s1. The summed E-state index contributed by atoms with van der Waals surface area (Å²) < 4.78 is 27.7. The number of rotatable bonds is 4. The number of hydrogen-bond acceptors (Lipinski definition) is 4. The van der Waals surface area contributed by atoms with E-state index >= 15 is 0 Å². The highest BCUT2D eigenvalue weighted by Gasteiger charge is 2.36. The fourth-order valence-electron chi connectivity index (χ4n) is 4.69. The van der Waals surface area contributed by atoms with Gasteiger partial charge in [-0.2, -0.15) is 5.26 Å². The summed E-state index contributed by atoms with van der Waals surface area (Å²) in [4.78, 5) is 27.5. The number of nitrogens with one attached hydrogen (secondary N) is 2. The van der Waals surface area contributed by atoms with Gasteiger partial charge in [-0.05, 0) is 60.5 Å². The number of β-amino-alcohol motifs (C(OH)–C–C–N with tert-alkyl or cyclic N) is 1. The molecule has 0 aliphatic carbocycles. The summed E-state index contributed by atoms with van der Waals surface area (Å²) in [5.41, 5.74) is 2.57. The van der Waals surface area contributed by atoms with Crippen molar-refractivity contribution in [3.63, 3.8) is 0 Å². The number of anilines is 2. The molecule has 10 heteroatoms. The Morgan fingerprint density at radius 1 is 1.17 bits per heavy atom. The van der Waals surface area contributed by atoms with Crippen LogP contribution < -0.4 is 15.5 Å². The predicted octanol–water partition coefficient (Wildman–Crippen LogP) is 4.99. The first-order valence-electron chi connectivity index (χ1n) is 11.1. The third-order valence-corrected chi connectivity index (χ3v) is 6.67. The van der Waals surface area contributed by atoms with Crippen LogP contribution in [0.25, 0.3) is 0 Å². The number of amides is 3. The third kappa shape index (κ3) is 4.15. The molecule has 3 aromatic carbocycles. The Kier molecular flexibility index (Phi) is 6.08.